The van der Waals surface area contributed by atoms with Crippen molar-refractivity contribution in [1.82, 2.24) is 0 Å². The Morgan fingerprint density at radius 2 is 1.78 bits per heavy atom. The van der Waals surface area contributed by atoms with Crippen LogP contribution in [0.25, 0.3) is 0 Å². The second-order valence-corrected chi connectivity index (χ2v) is 9.88. The molecule has 0 rings (SSSR count). The first-order chi connectivity index (χ1) is 3.95. The lowest BCUT2D eigenvalue weighted by molar-refractivity contribution is 0.291. The fourth-order valence-electron chi connectivity index (χ4n) is 0.687. The van der Waals surface area contributed by atoms with E-state index in [1.807, 2.05) is 0 Å². The Hall–Kier alpha value is 0.394. The quantitative estimate of drug-likeness (QED) is 0.570. The van der Waals surface area contributed by atoms with E-state index >= 15 is 0 Å². The topological polar surface area (TPSA) is 9.23 Å². The van der Waals surface area contributed by atoms with Crippen molar-refractivity contribution < 1.29 is 4.43 Å². The predicted molar refractivity (Wildman–Crippen MR) is 48.3 cm³/mol. The molecule has 0 fully saturated rings. The zero-order valence-electron chi connectivity index (χ0n) is 7.19. The van der Waals surface area contributed by atoms with Crippen molar-refractivity contribution >= 4 is 17.8 Å². The highest BCUT2D eigenvalue weighted by Gasteiger charge is 2.16. The Morgan fingerprint density at radius 3 is 1.89 bits per heavy atom. The van der Waals surface area contributed by atoms with Gasteiger partial charge in [0.2, 0.25) is 0 Å². The number of hydrogen-bond acceptors (Lipinski definition) is 1. The summed E-state index contributed by atoms with van der Waals surface area (Å²) in [5.74, 6) is 0. The maximum Gasteiger partial charge on any atom is 0.183 e. The highest BCUT2D eigenvalue weighted by molar-refractivity contribution is 6.70. The van der Waals surface area contributed by atoms with E-state index in [0.717, 1.165) is 0 Å². The summed E-state index contributed by atoms with van der Waals surface area (Å²) >= 11 is 0. The minimum absolute atomic E-state index is 0.0711. The van der Waals surface area contributed by atoms with Gasteiger partial charge in [-0.25, -0.2) is 0 Å². The summed E-state index contributed by atoms with van der Waals surface area (Å²) in [7, 11) is -1.14. The second kappa shape index (κ2) is 3.53. The van der Waals surface area contributed by atoms with Gasteiger partial charge in [-0.15, -0.1) is 0 Å². The first kappa shape index (κ1) is 9.39. The molecule has 3 heteroatoms. The summed E-state index contributed by atoms with van der Waals surface area (Å²) in [4.78, 5) is 0. The largest absolute Gasteiger partial charge is 0.419 e. The van der Waals surface area contributed by atoms with Gasteiger partial charge in [0.1, 0.15) is 0 Å². The van der Waals surface area contributed by atoms with Crippen molar-refractivity contribution in [3.05, 3.63) is 0 Å². The van der Waals surface area contributed by atoms with Crippen LogP contribution in [0.2, 0.25) is 26.2 Å². The lowest BCUT2D eigenvalue weighted by Gasteiger charge is -2.21. The summed E-state index contributed by atoms with van der Waals surface area (Å²) in [6.07, 6.45) is 0. The van der Waals surface area contributed by atoms with E-state index in [-0.39, 0.29) is 9.52 Å². The molecule has 0 saturated carbocycles. The van der Waals surface area contributed by atoms with Gasteiger partial charge >= 0.3 is 0 Å². The number of hydrogen-bond donors (Lipinski definition) is 0. The molecule has 0 bridgehead atoms. The zero-order valence-corrected chi connectivity index (χ0v) is 9.61. The van der Waals surface area contributed by atoms with Gasteiger partial charge in [0, 0.05) is 5.73 Å². The fourth-order valence-corrected chi connectivity index (χ4v) is 4.06. The third-order valence-corrected chi connectivity index (χ3v) is 3.89. The van der Waals surface area contributed by atoms with Gasteiger partial charge in [0.05, 0.1) is 9.52 Å². The standard InChI is InChI=1S/C6H18OSi2/c1-6(8-2)7-9(3,4)5/h6H,8H2,1-5H3. The lowest BCUT2D eigenvalue weighted by atomic mass is 10.9. The first-order valence-electron chi connectivity index (χ1n) is 3.63. The van der Waals surface area contributed by atoms with Crippen molar-refractivity contribution in [3.8, 4) is 0 Å². The van der Waals surface area contributed by atoms with Crippen LogP contribution >= 0.6 is 0 Å². The monoisotopic (exact) mass is 162 g/mol. The molecule has 0 radical (unpaired) electrons. The minimum atomic E-state index is -1.21. The maximum absolute atomic E-state index is 5.79. The van der Waals surface area contributed by atoms with Crippen molar-refractivity contribution in [1.29, 1.82) is 0 Å². The van der Waals surface area contributed by atoms with E-state index in [0.29, 0.717) is 5.73 Å². The van der Waals surface area contributed by atoms with E-state index in [1.54, 1.807) is 0 Å². The van der Waals surface area contributed by atoms with Crippen LogP contribution in [0.3, 0.4) is 0 Å². The van der Waals surface area contributed by atoms with E-state index in [2.05, 4.69) is 33.1 Å². The van der Waals surface area contributed by atoms with Gasteiger partial charge in [-0.1, -0.05) is 6.55 Å². The molecule has 0 aromatic heterocycles. The third-order valence-electron chi connectivity index (χ3n) is 1.13. The Balaban J connectivity index is 3.47. The van der Waals surface area contributed by atoms with E-state index in [9.17, 15) is 0 Å². The Bertz CT molecular complexity index is 77.6. The normalized spacial score (nSPS) is 17.0. The molecule has 0 N–H and O–H groups in total. The van der Waals surface area contributed by atoms with Crippen molar-refractivity contribution in [2.75, 3.05) is 0 Å². The Morgan fingerprint density at radius 1 is 1.33 bits per heavy atom. The van der Waals surface area contributed by atoms with Gasteiger partial charge in [0.15, 0.2) is 8.32 Å². The molecular formula is C6H18OSi2. The molecule has 0 spiro atoms. The third kappa shape index (κ3) is 6.28. The Labute approximate surface area is 61.8 Å². The molecule has 1 atom stereocenters. The van der Waals surface area contributed by atoms with E-state index in [4.69, 9.17) is 4.43 Å². The smallest absolute Gasteiger partial charge is 0.183 e. The minimum Gasteiger partial charge on any atom is -0.419 e. The average Bonchev–Trinajstić information content (AvgIpc) is 1.62. The summed E-state index contributed by atoms with van der Waals surface area (Å²) in [5, 5.41) is 0. The molecule has 56 valence electrons. The molecule has 0 aliphatic heterocycles. The highest BCUT2D eigenvalue weighted by atomic mass is 28.4. The lowest BCUT2D eigenvalue weighted by Crippen LogP contribution is -2.32. The maximum atomic E-state index is 5.79. The molecule has 0 aromatic carbocycles. The summed E-state index contributed by atoms with van der Waals surface area (Å²) in [6, 6.07) is 0. The van der Waals surface area contributed by atoms with E-state index in [1.165, 1.54) is 0 Å². The van der Waals surface area contributed by atoms with Crippen LogP contribution in [-0.2, 0) is 4.43 Å². The van der Waals surface area contributed by atoms with Crippen molar-refractivity contribution in [2.24, 2.45) is 0 Å². The Kier molecular flexibility index (Phi) is 3.69. The second-order valence-electron chi connectivity index (χ2n) is 3.45. The van der Waals surface area contributed by atoms with Crippen LogP contribution in [0.1, 0.15) is 6.92 Å². The van der Waals surface area contributed by atoms with Crippen LogP contribution < -0.4 is 0 Å². The molecule has 0 aromatic rings. The molecule has 9 heavy (non-hydrogen) atoms. The SMILES string of the molecule is C[SiH2]C(C)O[Si](C)(C)C. The zero-order chi connectivity index (χ0) is 7.49. The highest BCUT2D eigenvalue weighted by Crippen LogP contribution is 2.05. The predicted octanol–water partition coefficient (Wildman–Crippen LogP) is 1.40. The van der Waals surface area contributed by atoms with E-state index < -0.39 is 8.32 Å². The summed E-state index contributed by atoms with van der Waals surface area (Å²) < 4.78 is 5.79. The molecule has 1 unspecified atom stereocenters. The van der Waals surface area contributed by atoms with Gasteiger partial charge in [0.25, 0.3) is 0 Å². The van der Waals surface area contributed by atoms with Crippen LogP contribution in [-0.4, -0.2) is 23.6 Å². The summed E-state index contributed by atoms with van der Waals surface area (Å²) in [6.45, 7) is 11.2. The van der Waals surface area contributed by atoms with Gasteiger partial charge in [-0.2, -0.15) is 0 Å². The molecule has 0 aliphatic carbocycles. The van der Waals surface area contributed by atoms with Crippen LogP contribution in [0, 0.1) is 0 Å². The summed E-state index contributed by atoms with van der Waals surface area (Å²) in [5.41, 5.74) is 0.594. The molecule has 0 saturated heterocycles. The number of rotatable bonds is 3. The van der Waals surface area contributed by atoms with Gasteiger partial charge < -0.3 is 4.43 Å². The van der Waals surface area contributed by atoms with Gasteiger partial charge in [-0.3, -0.25) is 0 Å². The molecule has 0 aliphatic rings. The van der Waals surface area contributed by atoms with Gasteiger partial charge in [-0.05, 0) is 26.6 Å². The van der Waals surface area contributed by atoms with Crippen LogP contribution in [0.5, 0.6) is 0 Å². The molecule has 0 heterocycles. The molecular weight excluding hydrogens is 144 g/mol. The van der Waals surface area contributed by atoms with Crippen LogP contribution in [0.15, 0.2) is 0 Å². The van der Waals surface area contributed by atoms with Crippen LogP contribution in [0.4, 0.5) is 0 Å². The van der Waals surface area contributed by atoms with Crippen molar-refractivity contribution in [2.45, 2.75) is 38.8 Å². The molecule has 1 nitrogen and oxygen atoms in total. The first-order valence-corrected chi connectivity index (χ1v) is 9.27. The van der Waals surface area contributed by atoms with Crippen molar-refractivity contribution in [3.63, 3.8) is 0 Å². The fraction of sp³-hybridized carbons (Fsp3) is 1.00. The average molecular weight is 162 g/mol. The molecule has 0 amide bonds.